The third kappa shape index (κ3) is 4.33. The molecular weight excluding hydrogens is 254 g/mol. The van der Waals surface area contributed by atoms with Gasteiger partial charge in [-0.1, -0.05) is 28.1 Å². The van der Waals surface area contributed by atoms with Gasteiger partial charge < -0.3 is 10.1 Å². The van der Waals surface area contributed by atoms with Crippen LogP contribution in [0.3, 0.4) is 0 Å². The average Bonchev–Trinajstić information content (AvgIpc) is 2.17. The summed E-state index contributed by atoms with van der Waals surface area (Å²) in [5.74, 6) is 0. The molecule has 0 amide bonds. The largest absolute Gasteiger partial charge is 0.383 e. The lowest BCUT2D eigenvalue weighted by Gasteiger charge is -2.13. The molecule has 3 heteroatoms. The fraction of sp³-hybridized carbons (Fsp3) is 0.500. The zero-order chi connectivity index (χ0) is 11.3. The smallest absolute Gasteiger partial charge is 0.0613 e. The zero-order valence-corrected chi connectivity index (χ0v) is 11.1. The van der Waals surface area contributed by atoms with Crippen LogP contribution in [0.5, 0.6) is 0 Å². The summed E-state index contributed by atoms with van der Waals surface area (Å²) < 4.78 is 6.23. The van der Waals surface area contributed by atoms with Crippen LogP contribution < -0.4 is 5.32 Å². The van der Waals surface area contributed by atoms with E-state index in [4.69, 9.17) is 4.74 Å². The first kappa shape index (κ1) is 12.7. The summed E-state index contributed by atoms with van der Waals surface area (Å²) in [5.41, 5.74) is 2.55. The van der Waals surface area contributed by atoms with E-state index >= 15 is 0 Å². The van der Waals surface area contributed by atoms with Crippen molar-refractivity contribution < 1.29 is 4.74 Å². The van der Waals surface area contributed by atoms with Crippen LogP contribution in [0.15, 0.2) is 22.7 Å². The predicted octanol–water partition coefficient (Wildman–Crippen LogP) is 2.88. The van der Waals surface area contributed by atoms with Gasteiger partial charge in [0.1, 0.15) is 0 Å². The monoisotopic (exact) mass is 271 g/mol. The molecule has 1 aromatic rings. The lowest BCUT2D eigenvalue weighted by molar-refractivity contribution is 0.171. The van der Waals surface area contributed by atoms with Gasteiger partial charge in [-0.15, -0.1) is 0 Å². The van der Waals surface area contributed by atoms with Crippen molar-refractivity contribution in [3.05, 3.63) is 33.8 Å². The molecule has 0 aromatic heterocycles. The summed E-state index contributed by atoms with van der Waals surface area (Å²) in [6.07, 6.45) is 0. The molecule has 0 bridgehead atoms. The average molecular weight is 272 g/mol. The number of hydrogen-bond donors (Lipinski definition) is 1. The molecule has 0 spiro atoms. The van der Waals surface area contributed by atoms with Crippen LogP contribution in [0.2, 0.25) is 0 Å². The summed E-state index contributed by atoms with van der Waals surface area (Å²) in [6, 6.07) is 6.79. The molecule has 0 aliphatic heterocycles. The highest BCUT2D eigenvalue weighted by Crippen LogP contribution is 2.18. The van der Waals surface area contributed by atoms with Gasteiger partial charge in [-0.05, 0) is 31.0 Å². The maximum Gasteiger partial charge on any atom is 0.0613 e. The van der Waals surface area contributed by atoms with E-state index in [1.807, 2.05) is 0 Å². The van der Waals surface area contributed by atoms with E-state index in [-0.39, 0.29) is 0 Å². The number of benzene rings is 1. The second-order valence-corrected chi connectivity index (χ2v) is 4.69. The van der Waals surface area contributed by atoms with Crippen molar-refractivity contribution in [3.63, 3.8) is 0 Å². The van der Waals surface area contributed by atoms with Gasteiger partial charge in [0.05, 0.1) is 6.61 Å². The van der Waals surface area contributed by atoms with Crippen molar-refractivity contribution in [2.75, 3.05) is 13.7 Å². The number of nitrogens with one attached hydrogen (secondary N) is 1. The van der Waals surface area contributed by atoms with Gasteiger partial charge in [0.25, 0.3) is 0 Å². The molecule has 0 aliphatic rings. The third-order valence-electron chi connectivity index (χ3n) is 2.27. The highest BCUT2D eigenvalue weighted by atomic mass is 79.9. The Kier molecular flexibility index (Phi) is 5.29. The Balaban J connectivity index is 2.50. The highest BCUT2D eigenvalue weighted by Gasteiger charge is 2.03. The molecule has 84 valence electrons. The van der Waals surface area contributed by atoms with E-state index in [2.05, 4.69) is 53.3 Å². The summed E-state index contributed by atoms with van der Waals surface area (Å²) >= 11 is 3.56. The molecular formula is C12H18BrNO. The summed E-state index contributed by atoms with van der Waals surface area (Å²) in [7, 11) is 1.72. The van der Waals surface area contributed by atoms with Crippen LogP contribution in [-0.4, -0.2) is 19.8 Å². The Bertz CT molecular complexity index is 314. The van der Waals surface area contributed by atoms with Gasteiger partial charge in [0.2, 0.25) is 0 Å². The molecule has 0 saturated heterocycles. The zero-order valence-electron chi connectivity index (χ0n) is 9.51. The molecule has 2 nitrogen and oxygen atoms in total. The van der Waals surface area contributed by atoms with Crippen molar-refractivity contribution in [2.45, 2.75) is 26.4 Å². The maximum absolute atomic E-state index is 5.07. The van der Waals surface area contributed by atoms with Crippen molar-refractivity contribution in [1.29, 1.82) is 0 Å². The van der Waals surface area contributed by atoms with Gasteiger partial charge in [0.15, 0.2) is 0 Å². The maximum atomic E-state index is 5.07. The number of methoxy groups -OCH3 is 1. The Morgan fingerprint density at radius 3 is 2.80 bits per heavy atom. The second kappa shape index (κ2) is 6.26. The Morgan fingerprint density at radius 1 is 1.47 bits per heavy atom. The Labute approximate surface area is 100 Å². The quantitative estimate of drug-likeness (QED) is 0.890. The third-order valence-corrected chi connectivity index (χ3v) is 3.00. The van der Waals surface area contributed by atoms with E-state index in [0.717, 1.165) is 13.2 Å². The molecule has 0 fully saturated rings. The first-order valence-corrected chi connectivity index (χ1v) is 5.90. The van der Waals surface area contributed by atoms with E-state index in [0.29, 0.717) is 6.04 Å². The van der Waals surface area contributed by atoms with E-state index < -0.39 is 0 Å². The number of rotatable bonds is 5. The second-order valence-electron chi connectivity index (χ2n) is 3.83. The molecule has 0 radical (unpaired) electrons. The van der Waals surface area contributed by atoms with Crippen molar-refractivity contribution in [3.8, 4) is 0 Å². The predicted molar refractivity (Wildman–Crippen MR) is 67.1 cm³/mol. The van der Waals surface area contributed by atoms with Gasteiger partial charge >= 0.3 is 0 Å². The number of aryl methyl sites for hydroxylation is 1. The summed E-state index contributed by atoms with van der Waals surface area (Å²) in [6.45, 7) is 5.82. The number of halogens is 1. The molecule has 1 N–H and O–H groups in total. The molecule has 1 atom stereocenters. The van der Waals surface area contributed by atoms with E-state index in [1.165, 1.54) is 15.6 Å². The lowest BCUT2D eigenvalue weighted by atomic mass is 10.1. The van der Waals surface area contributed by atoms with E-state index in [1.54, 1.807) is 7.11 Å². The van der Waals surface area contributed by atoms with Crippen LogP contribution >= 0.6 is 15.9 Å². The van der Waals surface area contributed by atoms with E-state index in [9.17, 15) is 0 Å². The van der Waals surface area contributed by atoms with Crippen LogP contribution in [-0.2, 0) is 11.3 Å². The summed E-state index contributed by atoms with van der Waals surface area (Å²) in [4.78, 5) is 0. The minimum absolute atomic E-state index is 0.378. The van der Waals surface area contributed by atoms with Crippen molar-refractivity contribution >= 4 is 15.9 Å². The fourth-order valence-electron chi connectivity index (χ4n) is 1.39. The Morgan fingerprint density at radius 2 is 2.20 bits per heavy atom. The Hall–Kier alpha value is -0.380. The van der Waals surface area contributed by atoms with Gasteiger partial charge in [-0.2, -0.15) is 0 Å². The van der Waals surface area contributed by atoms with Crippen LogP contribution in [0.1, 0.15) is 18.1 Å². The standard InChI is InChI=1S/C12H18BrNO/c1-9-4-5-11(12(13)6-9)7-14-10(2)8-15-3/h4-6,10,14H,7-8H2,1-3H3. The highest BCUT2D eigenvalue weighted by molar-refractivity contribution is 9.10. The lowest BCUT2D eigenvalue weighted by Crippen LogP contribution is -2.29. The molecule has 1 aromatic carbocycles. The van der Waals surface area contributed by atoms with Crippen LogP contribution in [0, 0.1) is 6.92 Å². The number of ether oxygens (including phenoxy) is 1. The van der Waals surface area contributed by atoms with Crippen LogP contribution in [0.4, 0.5) is 0 Å². The van der Waals surface area contributed by atoms with Crippen LogP contribution in [0.25, 0.3) is 0 Å². The minimum Gasteiger partial charge on any atom is -0.383 e. The first-order valence-electron chi connectivity index (χ1n) is 5.11. The summed E-state index contributed by atoms with van der Waals surface area (Å²) in [5, 5.41) is 3.41. The number of hydrogen-bond acceptors (Lipinski definition) is 2. The van der Waals surface area contributed by atoms with Gasteiger partial charge in [-0.25, -0.2) is 0 Å². The molecule has 0 aliphatic carbocycles. The fourth-order valence-corrected chi connectivity index (χ4v) is 2.02. The normalized spacial score (nSPS) is 12.8. The molecule has 15 heavy (non-hydrogen) atoms. The van der Waals surface area contributed by atoms with Gasteiger partial charge in [-0.3, -0.25) is 0 Å². The van der Waals surface area contributed by atoms with Crippen molar-refractivity contribution in [1.82, 2.24) is 5.32 Å². The van der Waals surface area contributed by atoms with Gasteiger partial charge in [0, 0.05) is 24.2 Å². The van der Waals surface area contributed by atoms with Crippen molar-refractivity contribution in [2.24, 2.45) is 0 Å². The molecule has 1 rings (SSSR count). The molecule has 1 unspecified atom stereocenters. The molecule has 0 heterocycles. The minimum atomic E-state index is 0.378. The molecule has 0 saturated carbocycles. The SMILES string of the molecule is COCC(C)NCc1ccc(C)cc1Br. The topological polar surface area (TPSA) is 21.3 Å². The first-order chi connectivity index (χ1) is 7.13.